The van der Waals surface area contributed by atoms with Crippen LogP contribution in [0.1, 0.15) is 23.2 Å². The van der Waals surface area contributed by atoms with Crippen molar-refractivity contribution in [3.8, 4) is 0 Å². The van der Waals surface area contributed by atoms with Gasteiger partial charge >= 0.3 is 5.76 Å². The maximum absolute atomic E-state index is 12.6. The van der Waals surface area contributed by atoms with Gasteiger partial charge in [-0.15, -0.1) is 0 Å². The summed E-state index contributed by atoms with van der Waals surface area (Å²) in [7, 11) is -4.56. The van der Waals surface area contributed by atoms with Gasteiger partial charge in [0.2, 0.25) is 9.84 Å². The first kappa shape index (κ1) is 20.3. The van der Waals surface area contributed by atoms with Gasteiger partial charge in [0.1, 0.15) is 0 Å². The van der Waals surface area contributed by atoms with E-state index in [0.717, 1.165) is 12.8 Å². The third-order valence-corrected chi connectivity index (χ3v) is 6.33. The lowest BCUT2D eigenvalue weighted by Gasteiger charge is -2.32. The van der Waals surface area contributed by atoms with Crippen LogP contribution in [0.15, 0.2) is 59.5 Å². The number of sulfone groups is 1. The minimum absolute atomic E-state index is 0.0443. The monoisotopic (exact) mass is 408 g/mol. The number of hydrogen-bond donors (Lipinski definition) is 1. The summed E-state index contributed by atoms with van der Waals surface area (Å²) in [6.45, 7) is 2.05. The molecule has 28 heavy (non-hydrogen) atoms. The number of rotatable bonds is 6. The number of hydrogen-bond acceptors (Lipinski definition) is 4. The standard InChI is InChI=1S/C20H22F2N2O3S/c21-20(22)28(26,27)18-8-6-17(7-9-18)23-14-15-10-12-24(13-11-15)19(25)16-4-2-1-3-5-16/h1-9,15,20,23H,10-14H2. The summed E-state index contributed by atoms with van der Waals surface area (Å²) in [6, 6.07) is 14.6. The van der Waals surface area contributed by atoms with E-state index >= 15 is 0 Å². The Kier molecular flexibility index (Phi) is 6.28. The second-order valence-corrected chi connectivity index (χ2v) is 8.73. The fourth-order valence-electron chi connectivity index (χ4n) is 3.23. The first-order valence-corrected chi connectivity index (χ1v) is 10.6. The van der Waals surface area contributed by atoms with Crippen LogP contribution in [0.2, 0.25) is 0 Å². The molecule has 0 bridgehead atoms. The van der Waals surface area contributed by atoms with Crippen molar-refractivity contribution in [1.82, 2.24) is 4.90 Å². The highest BCUT2D eigenvalue weighted by molar-refractivity contribution is 7.91. The summed E-state index contributed by atoms with van der Waals surface area (Å²) in [5.74, 6) is -3.00. The number of nitrogens with zero attached hydrogens (tertiary/aromatic N) is 1. The number of carbonyl (C=O) groups is 1. The summed E-state index contributed by atoms with van der Waals surface area (Å²) in [5, 5.41) is 3.21. The minimum atomic E-state index is -4.56. The lowest BCUT2D eigenvalue weighted by atomic mass is 9.96. The highest BCUT2D eigenvalue weighted by Gasteiger charge is 2.26. The number of nitrogens with one attached hydrogen (secondary N) is 1. The molecule has 0 radical (unpaired) electrons. The number of likely N-dealkylation sites (tertiary alicyclic amines) is 1. The Morgan fingerprint density at radius 3 is 2.21 bits per heavy atom. The number of carbonyl (C=O) groups excluding carboxylic acids is 1. The molecule has 8 heteroatoms. The van der Waals surface area contributed by atoms with Crippen molar-refractivity contribution in [1.29, 1.82) is 0 Å². The van der Waals surface area contributed by atoms with Crippen LogP contribution in [0.25, 0.3) is 0 Å². The molecule has 0 spiro atoms. The van der Waals surface area contributed by atoms with Gasteiger partial charge in [0.05, 0.1) is 4.90 Å². The molecular weight excluding hydrogens is 386 g/mol. The van der Waals surface area contributed by atoms with Crippen molar-refractivity contribution < 1.29 is 22.0 Å². The Bertz CT molecular complexity index is 895. The lowest BCUT2D eigenvalue weighted by Crippen LogP contribution is -2.39. The van der Waals surface area contributed by atoms with E-state index in [1.807, 2.05) is 35.2 Å². The molecule has 0 saturated carbocycles. The fraction of sp³-hybridized carbons (Fsp3) is 0.350. The fourth-order valence-corrected chi connectivity index (χ4v) is 3.95. The first-order chi connectivity index (χ1) is 13.4. The van der Waals surface area contributed by atoms with Gasteiger partial charge in [0, 0.05) is 30.9 Å². The molecule has 3 rings (SSSR count). The molecule has 0 unspecified atom stereocenters. The highest BCUT2D eigenvalue weighted by Crippen LogP contribution is 2.22. The van der Waals surface area contributed by atoms with Crippen LogP contribution in [0.3, 0.4) is 0 Å². The van der Waals surface area contributed by atoms with Crippen LogP contribution in [0, 0.1) is 5.92 Å². The zero-order valence-electron chi connectivity index (χ0n) is 15.2. The zero-order valence-corrected chi connectivity index (χ0v) is 16.0. The van der Waals surface area contributed by atoms with Gasteiger partial charge in [-0.25, -0.2) is 8.42 Å². The normalized spacial score (nSPS) is 15.6. The molecule has 0 atom stereocenters. The molecule has 1 fully saturated rings. The van der Waals surface area contributed by atoms with Crippen LogP contribution >= 0.6 is 0 Å². The molecule has 1 heterocycles. The Morgan fingerprint density at radius 1 is 1.04 bits per heavy atom. The van der Waals surface area contributed by atoms with Gasteiger partial charge in [-0.2, -0.15) is 8.78 Å². The minimum Gasteiger partial charge on any atom is -0.385 e. The van der Waals surface area contributed by atoms with E-state index in [1.165, 1.54) is 24.3 Å². The third kappa shape index (κ3) is 4.67. The van der Waals surface area contributed by atoms with Crippen molar-refractivity contribution in [2.75, 3.05) is 25.0 Å². The maximum Gasteiger partial charge on any atom is 0.341 e. The van der Waals surface area contributed by atoms with Crippen molar-refractivity contribution in [2.24, 2.45) is 5.92 Å². The van der Waals surface area contributed by atoms with Crippen molar-refractivity contribution in [3.63, 3.8) is 0 Å². The summed E-state index contributed by atoms with van der Waals surface area (Å²) in [5.41, 5.74) is 1.37. The third-order valence-electron chi connectivity index (χ3n) is 4.93. The van der Waals surface area contributed by atoms with E-state index < -0.39 is 15.6 Å². The van der Waals surface area contributed by atoms with Crippen LogP contribution in [0.5, 0.6) is 0 Å². The molecule has 150 valence electrons. The Morgan fingerprint density at radius 2 is 1.64 bits per heavy atom. The predicted molar refractivity (Wildman–Crippen MR) is 103 cm³/mol. The number of halogens is 2. The number of amides is 1. The van der Waals surface area contributed by atoms with Crippen molar-refractivity contribution in [3.05, 3.63) is 60.2 Å². The summed E-state index contributed by atoms with van der Waals surface area (Å²) in [4.78, 5) is 13.9. The molecule has 1 aliphatic rings. The van der Waals surface area contributed by atoms with Gasteiger partial charge in [-0.05, 0) is 55.2 Å². The first-order valence-electron chi connectivity index (χ1n) is 9.08. The van der Waals surface area contributed by atoms with E-state index in [1.54, 1.807) is 0 Å². The topological polar surface area (TPSA) is 66.5 Å². The molecule has 1 N–H and O–H groups in total. The number of benzene rings is 2. The maximum atomic E-state index is 12.6. The average Bonchev–Trinajstić information content (AvgIpc) is 2.73. The number of anilines is 1. The highest BCUT2D eigenvalue weighted by atomic mass is 32.2. The van der Waals surface area contributed by atoms with E-state index in [0.29, 0.717) is 36.8 Å². The van der Waals surface area contributed by atoms with Crippen molar-refractivity contribution >= 4 is 21.4 Å². The zero-order chi connectivity index (χ0) is 20.1. The average molecular weight is 408 g/mol. The summed E-state index contributed by atoms with van der Waals surface area (Å²) in [6.07, 6.45) is 1.73. The summed E-state index contributed by atoms with van der Waals surface area (Å²) >= 11 is 0. The molecule has 2 aromatic rings. The SMILES string of the molecule is O=C(c1ccccc1)N1CCC(CNc2ccc(S(=O)(=O)C(F)F)cc2)CC1. The van der Waals surface area contributed by atoms with Gasteiger partial charge < -0.3 is 10.2 Å². The molecular formula is C20H22F2N2O3S. The molecule has 1 saturated heterocycles. The number of alkyl halides is 2. The second kappa shape index (κ2) is 8.68. The van der Waals surface area contributed by atoms with E-state index in [2.05, 4.69) is 5.32 Å². The van der Waals surface area contributed by atoms with Crippen LogP contribution < -0.4 is 5.32 Å². The molecule has 2 aromatic carbocycles. The van der Waals surface area contributed by atoms with Gasteiger partial charge in [-0.1, -0.05) is 18.2 Å². The molecule has 1 aliphatic heterocycles. The molecule has 0 aromatic heterocycles. The smallest absolute Gasteiger partial charge is 0.341 e. The van der Waals surface area contributed by atoms with E-state index in [9.17, 15) is 22.0 Å². The summed E-state index contributed by atoms with van der Waals surface area (Å²) < 4.78 is 48.0. The molecule has 5 nitrogen and oxygen atoms in total. The van der Waals surface area contributed by atoms with E-state index in [4.69, 9.17) is 0 Å². The van der Waals surface area contributed by atoms with Crippen molar-refractivity contribution in [2.45, 2.75) is 23.5 Å². The Balaban J connectivity index is 1.49. The van der Waals surface area contributed by atoms with Gasteiger partial charge in [-0.3, -0.25) is 4.79 Å². The quantitative estimate of drug-likeness (QED) is 0.792. The van der Waals surface area contributed by atoms with Crippen LogP contribution in [0.4, 0.5) is 14.5 Å². The largest absolute Gasteiger partial charge is 0.385 e. The van der Waals surface area contributed by atoms with Crippen LogP contribution in [-0.4, -0.2) is 44.6 Å². The van der Waals surface area contributed by atoms with Crippen LogP contribution in [-0.2, 0) is 9.84 Å². The lowest BCUT2D eigenvalue weighted by molar-refractivity contribution is 0.0695. The Hall–Kier alpha value is -2.48. The second-order valence-electron chi connectivity index (χ2n) is 6.81. The molecule has 0 aliphatic carbocycles. The Labute approximate surface area is 163 Å². The predicted octanol–water partition coefficient (Wildman–Crippen LogP) is 3.65. The number of piperidine rings is 1. The molecule has 1 amide bonds. The van der Waals surface area contributed by atoms with E-state index in [-0.39, 0.29) is 10.8 Å². The van der Waals surface area contributed by atoms with Gasteiger partial charge in [0.25, 0.3) is 5.91 Å². The van der Waals surface area contributed by atoms with Gasteiger partial charge in [0.15, 0.2) is 0 Å².